The van der Waals surface area contributed by atoms with Crippen LogP contribution in [-0.4, -0.2) is 25.9 Å². The molecule has 86 valence electrons. The van der Waals surface area contributed by atoms with Crippen molar-refractivity contribution in [3.63, 3.8) is 0 Å². The second-order valence-corrected chi connectivity index (χ2v) is 4.85. The Morgan fingerprint density at radius 2 is 1.87 bits per heavy atom. The molecule has 0 heterocycles. The molecule has 2 unspecified atom stereocenters. The van der Waals surface area contributed by atoms with Gasteiger partial charge in [-0.1, -0.05) is 20.4 Å². The Morgan fingerprint density at radius 1 is 1.33 bits per heavy atom. The van der Waals surface area contributed by atoms with Crippen molar-refractivity contribution in [3.8, 4) is 0 Å². The zero-order valence-electron chi connectivity index (χ0n) is 10.3. The molecule has 2 atom stereocenters. The summed E-state index contributed by atoms with van der Waals surface area (Å²) in [5.74, 6) is 0.778. The molecule has 0 bridgehead atoms. The van der Waals surface area contributed by atoms with Crippen LogP contribution >= 0.6 is 0 Å². The molecule has 0 fully saturated rings. The van der Waals surface area contributed by atoms with E-state index in [0.29, 0.717) is 0 Å². The van der Waals surface area contributed by atoms with Gasteiger partial charge in [-0.25, -0.2) is 0 Å². The molecular formula is C12H21NO2. The van der Waals surface area contributed by atoms with E-state index in [1.54, 1.807) is 14.2 Å². The Kier molecular flexibility index (Phi) is 2.99. The van der Waals surface area contributed by atoms with Crippen molar-refractivity contribution in [1.29, 1.82) is 0 Å². The van der Waals surface area contributed by atoms with Crippen LogP contribution in [0.1, 0.15) is 20.8 Å². The van der Waals surface area contributed by atoms with Crippen LogP contribution in [0.4, 0.5) is 0 Å². The molecule has 15 heavy (non-hydrogen) atoms. The van der Waals surface area contributed by atoms with Crippen molar-refractivity contribution < 1.29 is 9.47 Å². The van der Waals surface area contributed by atoms with Crippen LogP contribution < -0.4 is 5.73 Å². The Hall–Kier alpha value is -0.800. The van der Waals surface area contributed by atoms with Crippen LogP contribution in [0.2, 0.25) is 0 Å². The predicted octanol–water partition coefficient (Wildman–Crippen LogP) is 1.85. The lowest BCUT2D eigenvalue weighted by molar-refractivity contribution is 0.00262. The van der Waals surface area contributed by atoms with Gasteiger partial charge in [0.25, 0.3) is 0 Å². The average molecular weight is 211 g/mol. The van der Waals surface area contributed by atoms with Crippen molar-refractivity contribution in [2.45, 2.75) is 32.4 Å². The summed E-state index contributed by atoms with van der Waals surface area (Å²) in [6.45, 7) is 10.2. The predicted molar refractivity (Wildman–Crippen MR) is 61.4 cm³/mol. The van der Waals surface area contributed by atoms with Crippen molar-refractivity contribution in [2.24, 2.45) is 11.1 Å². The first-order chi connectivity index (χ1) is 6.77. The smallest absolute Gasteiger partial charge is 0.123 e. The van der Waals surface area contributed by atoms with Gasteiger partial charge in [0.05, 0.1) is 12.6 Å². The molecule has 0 aliphatic heterocycles. The van der Waals surface area contributed by atoms with E-state index in [2.05, 4.69) is 20.4 Å². The summed E-state index contributed by atoms with van der Waals surface area (Å²) < 4.78 is 10.8. The fraction of sp³-hybridized carbons (Fsp3) is 0.667. The summed E-state index contributed by atoms with van der Waals surface area (Å²) in [5, 5.41) is 0. The maximum absolute atomic E-state index is 6.17. The minimum atomic E-state index is -0.538. The molecule has 3 heteroatoms. The summed E-state index contributed by atoms with van der Waals surface area (Å²) in [6, 6.07) is 0. The van der Waals surface area contributed by atoms with Gasteiger partial charge in [0.15, 0.2) is 0 Å². The molecule has 0 amide bonds. The lowest BCUT2D eigenvalue weighted by Gasteiger charge is -2.45. The highest BCUT2D eigenvalue weighted by atomic mass is 16.5. The maximum atomic E-state index is 6.17. The Bertz CT molecular complexity index is 303. The monoisotopic (exact) mass is 211 g/mol. The average Bonchev–Trinajstić information content (AvgIpc) is 2.13. The number of hydrogen-bond donors (Lipinski definition) is 1. The van der Waals surface area contributed by atoms with Crippen molar-refractivity contribution in [3.05, 3.63) is 24.0 Å². The van der Waals surface area contributed by atoms with E-state index < -0.39 is 5.54 Å². The lowest BCUT2D eigenvalue weighted by atomic mass is 9.67. The second kappa shape index (κ2) is 3.65. The Morgan fingerprint density at radius 3 is 2.27 bits per heavy atom. The fourth-order valence-electron chi connectivity index (χ4n) is 2.24. The summed E-state index contributed by atoms with van der Waals surface area (Å²) in [4.78, 5) is 0. The van der Waals surface area contributed by atoms with Gasteiger partial charge in [-0.05, 0) is 18.6 Å². The van der Waals surface area contributed by atoms with Crippen LogP contribution in [0.3, 0.4) is 0 Å². The molecule has 0 saturated heterocycles. The van der Waals surface area contributed by atoms with Gasteiger partial charge < -0.3 is 15.2 Å². The van der Waals surface area contributed by atoms with E-state index in [9.17, 15) is 0 Å². The standard InChI is InChI=1S/C12H21NO2/c1-8-11(2,3)10(15-6)9(14-5)7-12(8,4)13/h7,10H,1,13H2,2-6H3. The van der Waals surface area contributed by atoms with E-state index >= 15 is 0 Å². The number of hydrogen-bond acceptors (Lipinski definition) is 3. The van der Waals surface area contributed by atoms with E-state index in [0.717, 1.165) is 11.3 Å². The first kappa shape index (κ1) is 12.3. The molecule has 3 nitrogen and oxygen atoms in total. The van der Waals surface area contributed by atoms with Gasteiger partial charge in [-0.15, -0.1) is 0 Å². The third kappa shape index (κ3) is 1.82. The number of ether oxygens (including phenoxy) is 2. The molecule has 1 aliphatic carbocycles. The van der Waals surface area contributed by atoms with Crippen molar-refractivity contribution >= 4 is 0 Å². The largest absolute Gasteiger partial charge is 0.499 e. The molecule has 0 aromatic carbocycles. The summed E-state index contributed by atoms with van der Waals surface area (Å²) in [6.07, 6.45) is 1.76. The highest BCUT2D eigenvalue weighted by molar-refractivity contribution is 5.38. The quantitative estimate of drug-likeness (QED) is 0.709. The van der Waals surface area contributed by atoms with Gasteiger partial charge in [-0.2, -0.15) is 0 Å². The number of methoxy groups -OCH3 is 2. The van der Waals surface area contributed by atoms with Crippen LogP contribution in [-0.2, 0) is 9.47 Å². The molecule has 0 spiro atoms. The third-order valence-electron chi connectivity index (χ3n) is 3.26. The van der Waals surface area contributed by atoms with E-state index in [-0.39, 0.29) is 11.5 Å². The zero-order chi connectivity index (χ0) is 11.9. The van der Waals surface area contributed by atoms with Gasteiger partial charge in [0.1, 0.15) is 11.9 Å². The second-order valence-electron chi connectivity index (χ2n) is 4.85. The normalized spacial score (nSPS) is 34.9. The van der Waals surface area contributed by atoms with E-state index in [1.807, 2.05) is 13.0 Å². The van der Waals surface area contributed by atoms with Crippen molar-refractivity contribution in [2.75, 3.05) is 14.2 Å². The van der Waals surface area contributed by atoms with Gasteiger partial charge in [0.2, 0.25) is 0 Å². The molecule has 1 rings (SSSR count). The van der Waals surface area contributed by atoms with Crippen LogP contribution in [0.25, 0.3) is 0 Å². The van der Waals surface area contributed by atoms with Crippen molar-refractivity contribution in [1.82, 2.24) is 0 Å². The minimum absolute atomic E-state index is 0.119. The molecular weight excluding hydrogens is 190 g/mol. The highest BCUT2D eigenvalue weighted by Crippen LogP contribution is 2.44. The SMILES string of the molecule is C=C1C(C)(N)C=C(OC)C(OC)C1(C)C. The zero-order valence-corrected chi connectivity index (χ0v) is 10.3. The topological polar surface area (TPSA) is 44.5 Å². The van der Waals surface area contributed by atoms with E-state index in [1.165, 1.54) is 0 Å². The highest BCUT2D eigenvalue weighted by Gasteiger charge is 2.45. The van der Waals surface area contributed by atoms with Gasteiger partial charge >= 0.3 is 0 Å². The summed E-state index contributed by atoms with van der Waals surface area (Å²) in [5.41, 5.74) is 6.37. The minimum Gasteiger partial charge on any atom is -0.499 e. The third-order valence-corrected chi connectivity index (χ3v) is 3.26. The maximum Gasteiger partial charge on any atom is 0.123 e. The lowest BCUT2D eigenvalue weighted by Crippen LogP contribution is -2.51. The molecule has 1 aliphatic rings. The van der Waals surface area contributed by atoms with Gasteiger partial charge in [0, 0.05) is 12.5 Å². The first-order valence-corrected chi connectivity index (χ1v) is 5.05. The van der Waals surface area contributed by atoms with Crippen LogP contribution in [0.15, 0.2) is 24.0 Å². The summed E-state index contributed by atoms with van der Waals surface area (Å²) >= 11 is 0. The molecule has 0 radical (unpaired) electrons. The van der Waals surface area contributed by atoms with Crippen LogP contribution in [0, 0.1) is 5.41 Å². The van der Waals surface area contributed by atoms with Gasteiger partial charge in [-0.3, -0.25) is 0 Å². The Balaban J connectivity index is 3.26. The molecule has 0 saturated carbocycles. The summed E-state index contributed by atoms with van der Waals surface area (Å²) in [7, 11) is 3.31. The number of rotatable bonds is 2. The molecule has 0 aromatic heterocycles. The van der Waals surface area contributed by atoms with Crippen LogP contribution in [0.5, 0.6) is 0 Å². The number of nitrogens with two attached hydrogens (primary N) is 1. The molecule has 0 aromatic rings. The fourth-order valence-corrected chi connectivity index (χ4v) is 2.24. The molecule has 2 N–H and O–H groups in total. The first-order valence-electron chi connectivity index (χ1n) is 5.05. The van der Waals surface area contributed by atoms with E-state index in [4.69, 9.17) is 15.2 Å². The Labute approximate surface area is 91.9 Å².